The first-order valence-corrected chi connectivity index (χ1v) is 10.4. The first-order valence-electron chi connectivity index (χ1n) is 9.40. The molecular weight excluding hydrogens is 402 g/mol. The largest absolute Gasteiger partial charge is 0.493 e. The molecule has 1 N–H and O–H groups in total. The molecule has 0 atom stereocenters. The summed E-state index contributed by atoms with van der Waals surface area (Å²) in [5.41, 5.74) is 1.67. The van der Waals surface area contributed by atoms with Crippen molar-refractivity contribution in [3.8, 4) is 22.9 Å². The Morgan fingerprint density at radius 1 is 1.00 bits per heavy atom. The van der Waals surface area contributed by atoms with Crippen LogP contribution in [0.2, 0.25) is 0 Å². The molecule has 0 fully saturated rings. The molecule has 0 saturated carbocycles. The maximum absolute atomic E-state index is 5.41. The average molecular weight is 423 g/mol. The van der Waals surface area contributed by atoms with E-state index < -0.39 is 0 Å². The molecule has 0 aliphatic carbocycles. The fraction of sp³-hybridized carbons (Fsp3) is 0.238. The van der Waals surface area contributed by atoms with Crippen LogP contribution in [-0.2, 0) is 5.75 Å². The molecule has 2 heterocycles. The Morgan fingerprint density at radius 3 is 2.63 bits per heavy atom. The lowest BCUT2D eigenvalue weighted by Crippen LogP contribution is -2.02. The van der Waals surface area contributed by atoms with Crippen molar-refractivity contribution in [2.75, 3.05) is 26.1 Å². The minimum atomic E-state index is 0.462. The summed E-state index contributed by atoms with van der Waals surface area (Å²) in [5, 5.41) is 9.02. The van der Waals surface area contributed by atoms with Crippen molar-refractivity contribution in [2.45, 2.75) is 17.8 Å². The fourth-order valence-corrected chi connectivity index (χ4v) is 3.64. The van der Waals surface area contributed by atoms with Gasteiger partial charge in [0.1, 0.15) is 5.82 Å². The third kappa shape index (κ3) is 4.16. The molecule has 0 aliphatic heterocycles. The van der Waals surface area contributed by atoms with E-state index >= 15 is 0 Å². The Labute approximate surface area is 178 Å². The third-order valence-electron chi connectivity index (χ3n) is 4.36. The second kappa shape index (κ2) is 9.00. The number of thioether (sulfide) groups is 1. The van der Waals surface area contributed by atoms with Crippen LogP contribution in [0.25, 0.3) is 22.3 Å². The van der Waals surface area contributed by atoms with E-state index in [0.29, 0.717) is 34.1 Å². The Balaban J connectivity index is 1.52. The van der Waals surface area contributed by atoms with Gasteiger partial charge in [-0.15, -0.1) is 0 Å². The molecule has 4 aromatic rings. The highest BCUT2D eigenvalue weighted by Gasteiger charge is 2.14. The van der Waals surface area contributed by atoms with Crippen molar-refractivity contribution in [1.29, 1.82) is 0 Å². The quantitative estimate of drug-likeness (QED) is 0.326. The summed E-state index contributed by atoms with van der Waals surface area (Å²) >= 11 is 1.45. The van der Waals surface area contributed by atoms with Crippen LogP contribution in [0.5, 0.6) is 11.5 Å². The molecule has 0 amide bonds. The number of methoxy groups -OCH3 is 2. The highest BCUT2D eigenvalue weighted by atomic mass is 32.2. The van der Waals surface area contributed by atoms with Gasteiger partial charge in [0.05, 0.1) is 25.5 Å². The highest BCUT2D eigenvalue weighted by molar-refractivity contribution is 7.98. The van der Waals surface area contributed by atoms with Crippen LogP contribution in [0.15, 0.2) is 52.1 Å². The SMILES string of the molecule is CCNc1nc(SCc2nc(-c3ccc(OC)c(OC)c3)no2)nc2ccccc12. The van der Waals surface area contributed by atoms with Gasteiger partial charge in [0.2, 0.25) is 11.7 Å². The van der Waals surface area contributed by atoms with Crippen molar-refractivity contribution >= 4 is 28.5 Å². The molecule has 2 aromatic carbocycles. The zero-order chi connectivity index (χ0) is 20.9. The number of para-hydroxylation sites is 1. The predicted molar refractivity (Wildman–Crippen MR) is 116 cm³/mol. The lowest BCUT2D eigenvalue weighted by Gasteiger charge is -2.08. The molecule has 0 radical (unpaired) electrons. The molecule has 30 heavy (non-hydrogen) atoms. The molecule has 154 valence electrons. The Bertz CT molecular complexity index is 1160. The van der Waals surface area contributed by atoms with Gasteiger partial charge in [-0.1, -0.05) is 29.1 Å². The number of nitrogens with zero attached hydrogens (tertiary/aromatic N) is 4. The Morgan fingerprint density at radius 2 is 1.83 bits per heavy atom. The number of aromatic nitrogens is 4. The van der Waals surface area contributed by atoms with Gasteiger partial charge in [-0.3, -0.25) is 0 Å². The van der Waals surface area contributed by atoms with Gasteiger partial charge in [-0.05, 0) is 37.3 Å². The van der Waals surface area contributed by atoms with E-state index in [1.165, 1.54) is 11.8 Å². The predicted octanol–water partition coefficient (Wildman–Crippen LogP) is 4.42. The van der Waals surface area contributed by atoms with E-state index in [-0.39, 0.29) is 0 Å². The van der Waals surface area contributed by atoms with E-state index in [2.05, 4.69) is 25.4 Å². The normalized spacial score (nSPS) is 10.9. The lowest BCUT2D eigenvalue weighted by molar-refractivity contribution is 0.355. The highest BCUT2D eigenvalue weighted by Crippen LogP contribution is 2.32. The number of fused-ring (bicyclic) bond motifs is 1. The minimum absolute atomic E-state index is 0.462. The molecule has 0 saturated heterocycles. The van der Waals surface area contributed by atoms with Gasteiger partial charge < -0.3 is 19.3 Å². The molecule has 8 nitrogen and oxygen atoms in total. The minimum Gasteiger partial charge on any atom is -0.493 e. The van der Waals surface area contributed by atoms with Crippen molar-refractivity contribution in [2.24, 2.45) is 0 Å². The van der Waals surface area contributed by atoms with Crippen molar-refractivity contribution in [1.82, 2.24) is 20.1 Å². The van der Waals surface area contributed by atoms with Crippen LogP contribution in [0, 0.1) is 0 Å². The topological polar surface area (TPSA) is 95.2 Å². The molecule has 9 heteroatoms. The third-order valence-corrected chi connectivity index (χ3v) is 5.19. The molecule has 2 aromatic heterocycles. The molecule has 0 unspecified atom stereocenters. The monoisotopic (exact) mass is 423 g/mol. The van der Waals surface area contributed by atoms with Crippen LogP contribution in [-0.4, -0.2) is 40.9 Å². The number of ether oxygens (including phenoxy) is 2. The van der Waals surface area contributed by atoms with E-state index in [4.69, 9.17) is 14.0 Å². The van der Waals surface area contributed by atoms with Gasteiger partial charge >= 0.3 is 0 Å². The molecular formula is C21H21N5O3S. The van der Waals surface area contributed by atoms with Crippen molar-refractivity contribution in [3.63, 3.8) is 0 Å². The summed E-state index contributed by atoms with van der Waals surface area (Å²) in [7, 11) is 3.18. The number of nitrogens with one attached hydrogen (secondary N) is 1. The molecule has 0 aliphatic rings. The number of hydrogen-bond acceptors (Lipinski definition) is 9. The average Bonchev–Trinajstić information content (AvgIpc) is 3.26. The van der Waals surface area contributed by atoms with Gasteiger partial charge in [0.25, 0.3) is 0 Å². The van der Waals surface area contributed by atoms with Crippen LogP contribution in [0.3, 0.4) is 0 Å². The first kappa shape index (κ1) is 20.0. The van der Waals surface area contributed by atoms with Gasteiger partial charge in [-0.2, -0.15) is 4.98 Å². The zero-order valence-electron chi connectivity index (χ0n) is 16.9. The summed E-state index contributed by atoms with van der Waals surface area (Å²) in [6.45, 7) is 2.82. The molecule has 0 bridgehead atoms. The first-order chi connectivity index (χ1) is 14.7. The zero-order valence-corrected chi connectivity index (χ0v) is 17.7. The van der Waals surface area contributed by atoms with Crippen LogP contribution in [0.4, 0.5) is 5.82 Å². The maximum Gasteiger partial charge on any atom is 0.237 e. The molecule has 0 spiro atoms. The second-order valence-corrected chi connectivity index (χ2v) is 7.21. The van der Waals surface area contributed by atoms with E-state index in [9.17, 15) is 0 Å². The summed E-state index contributed by atoms with van der Waals surface area (Å²) in [5.74, 6) is 3.51. The lowest BCUT2D eigenvalue weighted by atomic mass is 10.2. The van der Waals surface area contributed by atoms with Crippen LogP contribution in [0.1, 0.15) is 12.8 Å². The fourth-order valence-electron chi connectivity index (χ4n) is 2.95. The summed E-state index contributed by atoms with van der Waals surface area (Å²) in [4.78, 5) is 13.7. The summed E-state index contributed by atoms with van der Waals surface area (Å²) in [6, 6.07) is 13.4. The number of rotatable bonds is 8. The van der Waals surface area contributed by atoms with Gasteiger partial charge in [0, 0.05) is 17.5 Å². The Hall–Kier alpha value is -3.33. The second-order valence-electron chi connectivity index (χ2n) is 6.27. The smallest absolute Gasteiger partial charge is 0.237 e. The molecule has 4 rings (SSSR count). The van der Waals surface area contributed by atoms with E-state index in [1.807, 2.05) is 49.4 Å². The summed E-state index contributed by atoms with van der Waals surface area (Å²) in [6.07, 6.45) is 0. The van der Waals surface area contributed by atoms with Crippen molar-refractivity contribution < 1.29 is 14.0 Å². The number of hydrogen-bond donors (Lipinski definition) is 1. The Kier molecular flexibility index (Phi) is 5.99. The number of anilines is 1. The maximum atomic E-state index is 5.41. The van der Waals surface area contributed by atoms with Crippen molar-refractivity contribution in [3.05, 3.63) is 48.4 Å². The summed E-state index contributed by atoms with van der Waals surface area (Å²) < 4.78 is 16.0. The van der Waals surface area contributed by atoms with E-state index in [1.54, 1.807) is 14.2 Å². The standard InChI is InChI=1S/C21H21N5O3S/c1-4-22-20-14-7-5-6-8-15(14)23-21(25-20)30-12-18-24-19(26-29-18)13-9-10-16(27-2)17(11-13)28-3/h5-11H,4,12H2,1-3H3,(H,22,23,25). The number of benzene rings is 2. The van der Waals surface area contributed by atoms with Crippen LogP contribution < -0.4 is 14.8 Å². The van der Waals surface area contributed by atoms with E-state index in [0.717, 1.165) is 28.8 Å². The van der Waals surface area contributed by atoms with Crippen LogP contribution >= 0.6 is 11.8 Å². The van der Waals surface area contributed by atoms with Gasteiger partial charge in [0.15, 0.2) is 16.7 Å². The van der Waals surface area contributed by atoms with Gasteiger partial charge in [-0.25, -0.2) is 9.97 Å².